The van der Waals surface area contributed by atoms with Crippen LogP contribution in [0.5, 0.6) is 0 Å². The van der Waals surface area contributed by atoms with Crippen LogP contribution >= 0.6 is 26.8 Å². The summed E-state index contributed by atoms with van der Waals surface area (Å²) in [4.78, 5) is 43.7. The molecular weight excluding hydrogens is 624 g/mol. The first kappa shape index (κ1) is 31.0. The Bertz CT molecular complexity index is 1570. The van der Waals surface area contributed by atoms with Crippen LogP contribution in [-0.2, 0) is 18.4 Å². The molecular formula is C26H34ClN5O9P2. The normalized spacial score (nSPS) is 29.0. The largest absolute Gasteiger partial charge is 0.387 e. The van der Waals surface area contributed by atoms with E-state index in [0.29, 0.717) is 11.3 Å². The summed E-state index contributed by atoms with van der Waals surface area (Å²) in [6, 6.07) is 10.3. The molecule has 6 atom stereocenters. The highest BCUT2D eigenvalue weighted by atomic mass is 35.5. The average Bonchev–Trinajstić information content (AvgIpc) is 3.61. The lowest BCUT2D eigenvalue weighted by molar-refractivity contribution is -0.0483. The first-order chi connectivity index (χ1) is 20.3. The molecule has 2 aliphatic heterocycles. The van der Waals surface area contributed by atoms with Gasteiger partial charge in [-0.25, -0.2) is 4.98 Å². The number of imidazole rings is 1. The Morgan fingerprint density at radius 2 is 1.77 bits per heavy atom. The number of aliphatic hydroxyl groups excluding tert-OH is 2. The topological polar surface area (TPSA) is 201 Å². The van der Waals surface area contributed by atoms with Crippen molar-refractivity contribution in [2.24, 2.45) is 5.41 Å². The summed E-state index contributed by atoms with van der Waals surface area (Å²) < 4.78 is 35.3. The fourth-order valence-corrected chi connectivity index (χ4v) is 9.47. The number of hydrogen-bond acceptors (Lipinski definition) is 10. The first-order valence-corrected chi connectivity index (χ1v) is 18.0. The molecule has 234 valence electrons. The SMILES string of the molecule is O=P(O)(O)CP(=O)(O)OC[C@H]1O[C@@H](n2cnc3c(N4CC5(CCCCC5)CC4c4ccccc4)nc(Cl)nc32)C(O)C1O. The quantitative estimate of drug-likeness (QED) is 0.175. The smallest absolute Gasteiger partial charge is 0.340 e. The number of fused-ring (bicyclic) bond motifs is 1. The van der Waals surface area contributed by atoms with Gasteiger partial charge in [-0.1, -0.05) is 49.6 Å². The van der Waals surface area contributed by atoms with Crippen molar-refractivity contribution in [1.29, 1.82) is 0 Å². The van der Waals surface area contributed by atoms with E-state index in [9.17, 15) is 24.2 Å². The first-order valence-electron chi connectivity index (χ1n) is 14.1. The molecule has 3 aromatic rings. The predicted octanol–water partition coefficient (Wildman–Crippen LogP) is 3.34. The molecule has 5 N–H and O–H groups in total. The van der Waals surface area contributed by atoms with Gasteiger partial charge in [0, 0.05) is 6.54 Å². The standard InChI is InChI=1S/C26H34ClN5O9P2/c27-25-29-22(31-13-26(9-5-2-6-10-26)11-17(31)16-7-3-1-4-8-16)19-23(30-25)32(14-28-19)24-21(34)20(33)18(41-24)12-40-43(38,39)15-42(35,36)37/h1,3-4,7-8,14,17-18,20-21,24,33-34H,2,5-6,9-13,15H2,(H,38,39)(H2,35,36,37)/t17?,18-,20?,21?,24-/m1/s1. The van der Waals surface area contributed by atoms with E-state index in [1.54, 1.807) is 0 Å². The number of aromatic nitrogens is 4. The summed E-state index contributed by atoms with van der Waals surface area (Å²) in [5.74, 6) is -0.836. The highest BCUT2D eigenvalue weighted by Gasteiger charge is 2.48. The van der Waals surface area contributed by atoms with Gasteiger partial charge in [-0.3, -0.25) is 13.7 Å². The summed E-state index contributed by atoms with van der Waals surface area (Å²) in [7, 11) is -9.54. The maximum atomic E-state index is 12.1. The summed E-state index contributed by atoms with van der Waals surface area (Å²) in [6.45, 7) is 0.0725. The zero-order valence-electron chi connectivity index (χ0n) is 23.1. The maximum absolute atomic E-state index is 12.1. The molecule has 14 nitrogen and oxygen atoms in total. The summed E-state index contributed by atoms with van der Waals surface area (Å²) >= 11 is 6.47. The molecule has 1 aromatic carbocycles. The number of anilines is 1. The Kier molecular flexibility index (Phi) is 8.49. The van der Waals surface area contributed by atoms with Crippen LogP contribution in [0.4, 0.5) is 5.82 Å². The van der Waals surface area contributed by atoms with Crippen molar-refractivity contribution in [2.75, 3.05) is 24.0 Å². The van der Waals surface area contributed by atoms with Crippen molar-refractivity contribution in [3.63, 3.8) is 0 Å². The highest BCUT2D eigenvalue weighted by Crippen LogP contribution is 2.56. The molecule has 2 saturated heterocycles. The Morgan fingerprint density at radius 1 is 1.05 bits per heavy atom. The van der Waals surface area contributed by atoms with E-state index < -0.39 is 52.2 Å². The van der Waals surface area contributed by atoms with E-state index in [4.69, 9.17) is 30.6 Å². The fourth-order valence-electron chi connectivity index (χ4n) is 6.74. The number of nitrogens with zero attached hydrogens (tertiary/aromatic N) is 5. The second kappa shape index (κ2) is 11.8. The summed E-state index contributed by atoms with van der Waals surface area (Å²) in [5, 5.41) is 21.5. The lowest BCUT2D eigenvalue weighted by Crippen LogP contribution is -2.33. The van der Waals surface area contributed by atoms with E-state index in [0.717, 1.165) is 31.4 Å². The van der Waals surface area contributed by atoms with Gasteiger partial charge < -0.3 is 39.1 Å². The van der Waals surface area contributed by atoms with E-state index in [2.05, 4.69) is 32.0 Å². The lowest BCUT2D eigenvalue weighted by atomic mass is 9.72. The fraction of sp³-hybridized carbons (Fsp3) is 0.577. The van der Waals surface area contributed by atoms with Crippen LogP contribution in [0.2, 0.25) is 5.28 Å². The molecule has 0 bridgehead atoms. The third-order valence-corrected chi connectivity index (χ3v) is 12.3. The number of benzene rings is 1. The molecule has 2 aromatic heterocycles. The molecule has 0 radical (unpaired) electrons. The van der Waals surface area contributed by atoms with Crippen molar-refractivity contribution >= 4 is 43.8 Å². The van der Waals surface area contributed by atoms with Crippen molar-refractivity contribution in [2.45, 2.75) is 69.1 Å². The van der Waals surface area contributed by atoms with Crippen LogP contribution in [0.25, 0.3) is 11.2 Å². The number of halogens is 1. The number of aliphatic hydroxyl groups is 2. The van der Waals surface area contributed by atoms with Gasteiger partial charge in [0.05, 0.1) is 19.0 Å². The summed E-state index contributed by atoms with van der Waals surface area (Å²) in [6.07, 6.45) is 2.63. The Balaban J connectivity index is 1.30. The van der Waals surface area contributed by atoms with Crippen LogP contribution in [0.15, 0.2) is 36.7 Å². The van der Waals surface area contributed by atoms with Crippen LogP contribution in [0.3, 0.4) is 0 Å². The molecule has 4 unspecified atom stereocenters. The van der Waals surface area contributed by atoms with Gasteiger partial charge in [0.1, 0.15) is 18.3 Å². The van der Waals surface area contributed by atoms with Gasteiger partial charge in [-0.05, 0) is 41.8 Å². The summed E-state index contributed by atoms with van der Waals surface area (Å²) in [5.41, 5.74) is 2.00. The monoisotopic (exact) mass is 657 g/mol. The van der Waals surface area contributed by atoms with E-state index >= 15 is 0 Å². The van der Waals surface area contributed by atoms with Gasteiger partial charge in [-0.2, -0.15) is 9.97 Å². The lowest BCUT2D eigenvalue weighted by Gasteiger charge is -2.33. The van der Waals surface area contributed by atoms with Crippen molar-refractivity contribution in [1.82, 2.24) is 19.5 Å². The second-order valence-electron chi connectivity index (χ2n) is 11.7. The molecule has 3 fully saturated rings. The molecule has 1 spiro atoms. The minimum atomic E-state index is -4.84. The van der Waals surface area contributed by atoms with Crippen LogP contribution < -0.4 is 4.90 Å². The van der Waals surface area contributed by atoms with Gasteiger partial charge >= 0.3 is 15.2 Å². The predicted molar refractivity (Wildman–Crippen MR) is 156 cm³/mol. The Hall–Kier alpha value is -1.96. The average molecular weight is 658 g/mol. The highest BCUT2D eigenvalue weighted by molar-refractivity contribution is 7.70. The van der Waals surface area contributed by atoms with Crippen LogP contribution in [-0.4, -0.2) is 81.8 Å². The molecule has 3 aliphatic rings. The molecule has 43 heavy (non-hydrogen) atoms. The minimum absolute atomic E-state index is 0.0350. The second-order valence-corrected chi connectivity index (χ2v) is 16.1. The molecule has 1 saturated carbocycles. The van der Waals surface area contributed by atoms with Crippen molar-refractivity contribution in [3.05, 3.63) is 47.5 Å². The zero-order valence-corrected chi connectivity index (χ0v) is 25.6. The molecule has 0 amide bonds. The van der Waals surface area contributed by atoms with Gasteiger partial charge in [0.25, 0.3) is 0 Å². The van der Waals surface area contributed by atoms with E-state index in [-0.39, 0.29) is 22.4 Å². The van der Waals surface area contributed by atoms with E-state index in [1.807, 2.05) is 18.2 Å². The number of hydrogen-bond donors (Lipinski definition) is 5. The van der Waals surface area contributed by atoms with Crippen LogP contribution in [0, 0.1) is 5.41 Å². The van der Waals surface area contributed by atoms with Crippen molar-refractivity contribution in [3.8, 4) is 0 Å². The third kappa shape index (κ3) is 6.41. The molecule has 6 rings (SSSR count). The molecule has 4 heterocycles. The van der Waals surface area contributed by atoms with Crippen LogP contribution in [0.1, 0.15) is 56.4 Å². The third-order valence-electron chi connectivity index (χ3n) is 8.67. The number of ether oxygens (including phenoxy) is 1. The molecule has 17 heteroatoms. The Labute approximate surface area is 252 Å². The minimum Gasteiger partial charge on any atom is -0.387 e. The maximum Gasteiger partial charge on any atom is 0.340 e. The van der Waals surface area contributed by atoms with Gasteiger partial charge in [0.15, 0.2) is 29.1 Å². The van der Waals surface area contributed by atoms with Gasteiger partial charge in [0.2, 0.25) is 5.28 Å². The number of rotatable bonds is 8. The Morgan fingerprint density at radius 3 is 2.47 bits per heavy atom. The zero-order chi connectivity index (χ0) is 30.6. The molecule has 1 aliphatic carbocycles. The van der Waals surface area contributed by atoms with E-state index in [1.165, 1.54) is 30.2 Å². The van der Waals surface area contributed by atoms with Crippen molar-refractivity contribution < 1.29 is 43.3 Å². The van der Waals surface area contributed by atoms with Gasteiger partial charge in [-0.15, -0.1) is 0 Å².